The van der Waals surface area contributed by atoms with E-state index in [1.54, 1.807) is 11.8 Å². The number of carboxylic acid groups (broad SMARTS) is 1. The minimum atomic E-state index is -0.888. The number of hydrogen-bond donors (Lipinski definition) is 3. The Morgan fingerprint density at radius 3 is 2.53 bits per heavy atom. The molecule has 9 heteroatoms. The number of carboxylic acids is 1. The molecule has 170 valence electrons. The van der Waals surface area contributed by atoms with Crippen molar-refractivity contribution in [1.82, 2.24) is 20.6 Å². The first-order chi connectivity index (χ1) is 15.4. The van der Waals surface area contributed by atoms with Crippen molar-refractivity contribution >= 4 is 23.4 Å². The van der Waals surface area contributed by atoms with Crippen LogP contribution in [0.5, 0.6) is 0 Å². The van der Waals surface area contributed by atoms with E-state index in [9.17, 15) is 15.0 Å². The lowest BCUT2D eigenvalue weighted by atomic mass is 9.92. The van der Waals surface area contributed by atoms with Crippen LogP contribution in [0.2, 0.25) is 0 Å². The zero-order valence-electron chi connectivity index (χ0n) is 18.5. The number of aromatic nitrogens is 4. The highest BCUT2D eigenvalue weighted by atomic mass is 32.2. The first-order valence-electron chi connectivity index (χ1n) is 10.4. The van der Waals surface area contributed by atoms with Crippen molar-refractivity contribution in [2.75, 3.05) is 30.1 Å². The fourth-order valence-electron chi connectivity index (χ4n) is 3.58. The van der Waals surface area contributed by atoms with Gasteiger partial charge in [0, 0.05) is 29.8 Å². The minimum Gasteiger partial charge on any atom is -0.480 e. The molecule has 3 rings (SSSR count). The molecule has 0 amide bonds. The Morgan fingerprint density at radius 1 is 1.19 bits per heavy atom. The summed E-state index contributed by atoms with van der Waals surface area (Å²) in [4.78, 5) is 14.1. The van der Waals surface area contributed by atoms with E-state index in [-0.39, 0.29) is 6.61 Å². The van der Waals surface area contributed by atoms with Crippen LogP contribution < -0.4 is 4.90 Å². The average molecular weight is 456 g/mol. The first kappa shape index (κ1) is 23.7. The Balaban J connectivity index is 2.13. The number of nitrogens with zero attached hydrogens (tertiary/aromatic N) is 4. The van der Waals surface area contributed by atoms with Crippen LogP contribution >= 0.6 is 11.8 Å². The van der Waals surface area contributed by atoms with E-state index in [2.05, 4.69) is 20.6 Å². The summed E-state index contributed by atoms with van der Waals surface area (Å²) in [6, 6.07) is 15.0. The number of hydrogen-bond acceptors (Lipinski definition) is 7. The predicted octanol–water partition coefficient (Wildman–Crippen LogP) is 3.56. The maximum absolute atomic E-state index is 12.2. The van der Waals surface area contributed by atoms with E-state index in [4.69, 9.17) is 0 Å². The van der Waals surface area contributed by atoms with Crippen LogP contribution in [0.25, 0.3) is 22.5 Å². The number of aromatic amines is 1. The number of nitrogens with one attached hydrogen (secondary N) is 1. The second-order valence-corrected chi connectivity index (χ2v) is 9.40. The highest BCUT2D eigenvalue weighted by molar-refractivity contribution is 7.98. The number of H-pyrrole nitrogens is 1. The van der Waals surface area contributed by atoms with Crippen molar-refractivity contribution in [2.24, 2.45) is 5.41 Å². The standard InChI is InChI=1S/C23H29N5O3S/c1-23(2,15-29)14-28(20(22(30)31)11-12-32-3)17-9-10-18(16-7-5-4-6-8-16)19(13-17)21-24-26-27-25-21/h4-10,13,20,29H,11-12,14-15H2,1-3H3,(H,30,31)(H,24,25,26,27). The minimum absolute atomic E-state index is 0.0574. The van der Waals surface area contributed by atoms with Gasteiger partial charge in [0.15, 0.2) is 0 Å². The summed E-state index contributed by atoms with van der Waals surface area (Å²) < 4.78 is 0. The molecule has 32 heavy (non-hydrogen) atoms. The van der Waals surface area contributed by atoms with Crippen LogP contribution in [0.15, 0.2) is 48.5 Å². The predicted molar refractivity (Wildman–Crippen MR) is 128 cm³/mol. The molecule has 1 atom stereocenters. The van der Waals surface area contributed by atoms with Crippen molar-refractivity contribution in [3.8, 4) is 22.5 Å². The third kappa shape index (κ3) is 5.66. The van der Waals surface area contributed by atoms with Gasteiger partial charge in [-0.2, -0.15) is 17.0 Å². The summed E-state index contributed by atoms with van der Waals surface area (Å²) in [7, 11) is 0. The lowest BCUT2D eigenvalue weighted by Crippen LogP contribution is -2.47. The van der Waals surface area contributed by atoms with Gasteiger partial charge in [0.25, 0.3) is 0 Å². The summed E-state index contributed by atoms with van der Waals surface area (Å²) in [6.07, 6.45) is 2.44. The van der Waals surface area contributed by atoms with Gasteiger partial charge >= 0.3 is 5.97 Å². The summed E-state index contributed by atoms with van der Waals surface area (Å²) >= 11 is 1.61. The van der Waals surface area contributed by atoms with Gasteiger partial charge in [0.05, 0.1) is 0 Å². The molecule has 3 aromatic rings. The maximum Gasteiger partial charge on any atom is 0.326 e. The monoisotopic (exact) mass is 455 g/mol. The molecule has 0 saturated heterocycles. The van der Waals surface area contributed by atoms with Crippen molar-refractivity contribution in [3.05, 3.63) is 48.5 Å². The van der Waals surface area contributed by atoms with Crippen LogP contribution in [0.3, 0.4) is 0 Å². The summed E-state index contributed by atoms with van der Waals surface area (Å²) in [5, 5.41) is 34.4. The number of aliphatic hydroxyl groups is 1. The topological polar surface area (TPSA) is 115 Å². The molecule has 0 aliphatic carbocycles. The van der Waals surface area contributed by atoms with Gasteiger partial charge in [-0.1, -0.05) is 50.2 Å². The van der Waals surface area contributed by atoms with Crippen LogP contribution in [0.1, 0.15) is 20.3 Å². The maximum atomic E-state index is 12.2. The Hall–Kier alpha value is -2.91. The largest absolute Gasteiger partial charge is 0.480 e. The number of rotatable bonds is 11. The van der Waals surface area contributed by atoms with Gasteiger partial charge in [-0.25, -0.2) is 4.79 Å². The smallest absolute Gasteiger partial charge is 0.326 e. The Kier molecular flexibility index (Phi) is 7.87. The molecular formula is C23H29N5O3S. The highest BCUT2D eigenvalue weighted by Crippen LogP contribution is 2.35. The van der Waals surface area contributed by atoms with Crippen LogP contribution in [0, 0.1) is 5.41 Å². The molecule has 0 fully saturated rings. The summed E-state index contributed by atoms with van der Waals surface area (Å²) in [5.41, 5.74) is 2.92. The lowest BCUT2D eigenvalue weighted by molar-refractivity contribution is -0.138. The van der Waals surface area contributed by atoms with Crippen LogP contribution in [-0.2, 0) is 4.79 Å². The SMILES string of the molecule is CSCCC(C(=O)O)N(CC(C)(C)CO)c1ccc(-c2ccccc2)c(-c2nn[nH]n2)c1. The van der Waals surface area contributed by atoms with E-state index in [1.165, 1.54) is 0 Å². The van der Waals surface area contributed by atoms with E-state index in [1.807, 2.05) is 73.5 Å². The fourth-order valence-corrected chi connectivity index (χ4v) is 4.03. The van der Waals surface area contributed by atoms with Crippen molar-refractivity contribution < 1.29 is 15.0 Å². The van der Waals surface area contributed by atoms with E-state index >= 15 is 0 Å². The third-order valence-electron chi connectivity index (χ3n) is 5.29. The molecule has 0 aliphatic rings. The summed E-state index contributed by atoms with van der Waals surface area (Å²) in [6.45, 7) is 4.17. The number of anilines is 1. The van der Waals surface area contributed by atoms with Crippen LogP contribution in [-0.4, -0.2) is 68.0 Å². The number of aliphatic carboxylic acids is 1. The van der Waals surface area contributed by atoms with Gasteiger partial charge in [-0.3, -0.25) is 0 Å². The Morgan fingerprint density at radius 2 is 1.94 bits per heavy atom. The zero-order chi connectivity index (χ0) is 23.1. The number of benzene rings is 2. The van der Waals surface area contributed by atoms with E-state index < -0.39 is 17.4 Å². The van der Waals surface area contributed by atoms with Gasteiger partial charge in [-0.05, 0) is 46.9 Å². The number of thioether (sulfide) groups is 1. The molecule has 1 aromatic heterocycles. The van der Waals surface area contributed by atoms with Crippen molar-refractivity contribution in [1.29, 1.82) is 0 Å². The molecule has 0 spiro atoms. The zero-order valence-corrected chi connectivity index (χ0v) is 19.3. The molecule has 0 saturated carbocycles. The Bertz CT molecular complexity index is 1010. The molecular weight excluding hydrogens is 426 g/mol. The quantitative estimate of drug-likeness (QED) is 0.402. The fraction of sp³-hybridized carbons (Fsp3) is 0.391. The van der Waals surface area contributed by atoms with Gasteiger partial charge < -0.3 is 15.1 Å². The van der Waals surface area contributed by atoms with Gasteiger partial charge in [0.1, 0.15) is 6.04 Å². The number of carbonyl (C=O) groups is 1. The molecule has 1 heterocycles. The number of tetrazole rings is 1. The van der Waals surface area contributed by atoms with Gasteiger partial charge in [0.2, 0.25) is 5.82 Å². The van der Waals surface area contributed by atoms with E-state index in [0.29, 0.717) is 24.5 Å². The van der Waals surface area contributed by atoms with Crippen LogP contribution in [0.4, 0.5) is 5.69 Å². The first-order valence-corrected chi connectivity index (χ1v) is 11.8. The molecule has 0 radical (unpaired) electrons. The molecule has 1 unspecified atom stereocenters. The summed E-state index contributed by atoms with van der Waals surface area (Å²) in [5.74, 6) is 0.261. The molecule has 2 aromatic carbocycles. The molecule has 0 aliphatic heterocycles. The van der Waals surface area contributed by atoms with E-state index in [0.717, 1.165) is 22.4 Å². The number of aliphatic hydroxyl groups excluding tert-OH is 1. The highest BCUT2D eigenvalue weighted by Gasteiger charge is 2.31. The second kappa shape index (κ2) is 10.6. The van der Waals surface area contributed by atoms with Crippen molar-refractivity contribution in [3.63, 3.8) is 0 Å². The average Bonchev–Trinajstić information content (AvgIpc) is 3.33. The second-order valence-electron chi connectivity index (χ2n) is 8.42. The normalized spacial score (nSPS) is 12.5. The lowest BCUT2D eigenvalue weighted by Gasteiger charge is -2.37. The molecule has 3 N–H and O–H groups in total. The Labute approximate surface area is 192 Å². The molecule has 8 nitrogen and oxygen atoms in total. The third-order valence-corrected chi connectivity index (χ3v) is 5.93. The van der Waals surface area contributed by atoms with Crippen molar-refractivity contribution in [2.45, 2.75) is 26.3 Å². The van der Waals surface area contributed by atoms with Gasteiger partial charge in [-0.15, -0.1) is 10.2 Å². The molecule has 0 bridgehead atoms.